The zero-order valence-corrected chi connectivity index (χ0v) is 10.0. The lowest BCUT2D eigenvalue weighted by atomic mass is 10.1. The van der Waals surface area contributed by atoms with E-state index in [9.17, 15) is 0 Å². The highest BCUT2D eigenvalue weighted by atomic mass is 32.1. The van der Waals surface area contributed by atoms with Gasteiger partial charge in [-0.25, -0.2) is 0 Å². The van der Waals surface area contributed by atoms with Crippen LogP contribution in [0.3, 0.4) is 0 Å². The van der Waals surface area contributed by atoms with E-state index < -0.39 is 0 Å². The molecule has 78 valence electrons. The van der Waals surface area contributed by atoms with Crippen LogP contribution >= 0.6 is 12.2 Å². The summed E-state index contributed by atoms with van der Waals surface area (Å²) in [6.45, 7) is 9.55. The number of nitrogens with zero attached hydrogens (tertiary/aromatic N) is 1. The highest BCUT2D eigenvalue weighted by Gasteiger charge is 2.18. The minimum atomic E-state index is 0.520. The Bertz CT molecular complexity index is 153. The monoisotopic (exact) mass is 202 g/mol. The van der Waals surface area contributed by atoms with Gasteiger partial charge in [-0.2, -0.15) is 0 Å². The number of rotatable bonds is 6. The van der Waals surface area contributed by atoms with Crippen LogP contribution in [0.4, 0.5) is 0 Å². The van der Waals surface area contributed by atoms with Gasteiger partial charge < -0.3 is 5.73 Å². The van der Waals surface area contributed by atoms with Gasteiger partial charge >= 0.3 is 0 Å². The number of hydrogen-bond donors (Lipinski definition) is 1. The number of thiocarbonyl (C=S) groups is 1. The zero-order valence-electron chi connectivity index (χ0n) is 9.21. The highest BCUT2D eigenvalue weighted by molar-refractivity contribution is 7.80. The molecule has 0 heterocycles. The van der Waals surface area contributed by atoms with Crippen molar-refractivity contribution in [3.63, 3.8) is 0 Å². The minimum Gasteiger partial charge on any atom is -0.392 e. The van der Waals surface area contributed by atoms with Crippen molar-refractivity contribution in [3.8, 4) is 0 Å². The molecule has 2 N–H and O–H groups in total. The molecule has 0 aliphatic carbocycles. The smallest absolute Gasteiger partial charge is 0.0870 e. The molecule has 13 heavy (non-hydrogen) atoms. The van der Waals surface area contributed by atoms with Crippen molar-refractivity contribution in [1.29, 1.82) is 0 Å². The molecule has 0 aromatic carbocycles. The lowest BCUT2D eigenvalue weighted by Gasteiger charge is -2.33. The molecule has 0 fully saturated rings. The molecule has 0 unspecified atom stereocenters. The van der Waals surface area contributed by atoms with Gasteiger partial charge in [0.1, 0.15) is 0 Å². The lowest BCUT2D eigenvalue weighted by Crippen LogP contribution is -2.44. The van der Waals surface area contributed by atoms with E-state index in [1.54, 1.807) is 0 Å². The van der Waals surface area contributed by atoms with Gasteiger partial charge in [-0.3, -0.25) is 4.90 Å². The lowest BCUT2D eigenvalue weighted by molar-refractivity contribution is 0.169. The van der Waals surface area contributed by atoms with Crippen molar-refractivity contribution in [3.05, 3.63) is 0 Å². The third kappa shape index (κ3) is 4.58. The second kappa shape index (κ2) is 6.33. The van der Waals surface area contributed by atoms with Crippen LogP contribution in [0.2, 0.25) is 0 Å². The maximum Gasteiger partial charge on any atom is 0.0870 e. The summed E-state index contributed by atoms with van der Waals surface area (Å²) in [6.07, 6.45) is 2.33. The molecule has 0 aliphatic rings. The summed E-state index contributed by atoms with van der Waals surface area (Å²) in [5, 5.41) is 0. The van der Waals surface area contributed by atoms with E-state index in [0.717, 1.165) is 19.4 Å². The summed E-state index contributed by atoms with van der Waals surface area (Å²) in [7, 11) is 0. The van der Waals surface area contributed by atoms with Gasteiger partial charge in [0.15, 0.2) is 0 Å². The maximum atomic E-state index is 5.57. The standard InChI is InChI=1S/C10H22N2S/c1-5-9(6-2)12(8(3)4)7-10(11)13/h8-9H,5-7H2,1-4H3,(H2,11,13). The third-order valence-electron chi connectivity index (χ3n) is 2.41. The van der Waals surface area contributed by atoms with Crippen molar-refractivity contribution in [2.24, 2.45) is 5.73 Å². The van der Waals surface area contributed by atoms with Crippen LogP contribution in [-0.4, -0.2) is 28.5 Å². The van der Waals surface area contributed by atoms with Gasteiger partial charge in [0.05, 0.1) is 4.99 Å². The van der Waals surface area contributed by atoms with Crippen molar-refractivity contribution in [2.45, 2.75) is 52.6 Å². The predicted octanol–water partition coefficient (Wildman–Crippen LogP) is 2.17. The summed E-state index contributed by atoms with van der Waals surface area (Å²) >= 11 is 4.94. The molecule has 0 saturated heterocycles. The van der Waals surface area contributed by atoms with Gasteiger partial charge in [-0.1, -0.05) is 26.1 Å². The van der Waals surface area contributed by atoms with Gasteiger partial charge in [0.2, 0.25) is 0 Å². The number of hydrogen-bond acceptors (Lipinski definition) is 2. The van der Waals surface area contributed by atoms with Crippen LogP contribution in [0.25, 0.3) is 0 Å². The summed E-state index contributed by atoms with van der Waals surface area (Å²) in [4.78, 5) is 2.98. The average molecular weight is 202 g/mol. The zero-order chi connectivity index (χ0) is 10.4. The van der Waals surface area contributed by atoms with Crippen LogP contribution in [0.5, 0.6) is 0 Å². The Morgan fingerprint density at radius 2 is 1.77 bits per heavy atom. The van der Waals surface area contributed by atoms with E-state index in [2.05, 4.69) is 32.6 Å². The van der Waals surface area contributed by atoms with Gasteiger partial charge in [-0.05, 0) is 26.7 Å². The van der Waals surface area contributed by atoms with Crippen LogP contribution in [0.15, 0.2) is 0 Å². The fourth-order valence-corrected chi connectivity index (χ4v) is 1.82. The first-order valence-corrected chi connectivity index (χ1v) is 5.47. The molecule has 0 atom stereocenters. The first kappa shape index (κ1) is 12.8. The number of nitrogens with two attached hydrogens (primary N) is 1. The van der Waals surface area contributed by atoms with Crippen LogP contribution in [0.1, 0.15) is 40.5 Å². The molecule has 0 radical (unpaired) electrons. The second-order valence-corrected chi connectivity index (χ2v) is 4.23. The molecule has 0 saturated carbocycles. The molecule has 2 nitrogen and oxygen atoms in total. The molecule has 0 amide bonds. The van der Waals surface area contributed by atoms with Crippen molar-refractivity contribution in [1.82, 2.24) is 4.90 Å². The Hall–Kier alpha value is -0.150. The van der Waals surface area contributed by atoms with Crippen molar-refractivity contribution >= 4 is 17.2 Å². The molecule has 0 aromatic heterocycles. The minimum absolute atomic E-state index is 0.520. The normalized spacial score (nSPS) is 11.6. The Morgan fingerprint density at radius 3 is 2.00 bits per heavy atom. The Kier molecular flexibility index (Phi) is 6.25. The molecule has 3 heteroatoms. The molecule has 0 bridgehead atoms. The van der Waals surface area contributed by atoms with E-state index in [1.807, 2.05) is 0 Å². The first-order chi connectivity index (χ1) is 6.02. The van der Waals surface area contributed by atoms with Crippen LogP contribution in [0, 0.1) is 0 Å². The summed E-state index contributed by atoms with van der Waals surface area (Å²) < 4.78 is 0. The summed E-state index contributed by atoms with van der Waals surface area (Å²) in [5.41, 5.74) is 5.57. The molecule has 0 aromatic rings. The van der Waals surface area contributed by atoms with E-state index in [4.69, 9.17) is 18.0 Å². The molecule has 0 rings (SSSR count). The second-order valence-electron chi connectivity index (χ2n) is 3.70. The maximum absolute atomic E-state index is 5.57. The predicted molar refractivity (Wildman–Crippen MR) is 63.0 cm³/mol. The molecular formula is C10H22N2S. The van der Waals surface area contributed by atoms with E-state index in [-0.39, 0.29) is 0 Å². The third-order valence-corrected chi connectivity index (χ3v) is 2.54. The van der Waals surface area contributed by atoms with Gasteiger partial charge in [0, 0.05) is 18.6 Å². The Balaban J connectivity index is 4.29. The quantitative estimate of drug-likeness (QED) is 0.669. The molecular weight excluding hydrogens is 180 g/mol. The van der Waals surface area contributed by atoms with E-state index in [1.165, 1.54) is 0 Å². The summed E-state index contributed by atoms with van der Waals surface area (Å²) in [5.74, 6) is 0. The SMILES string of the molecule is CCC(CC)N(CC(N)=S)C(C)C. The topological polar surface area (TPSA) is 29.3 Å². The van der Waals surface area contributed by atoms with Crippen LogP contribution in [-0.2, 0) is 0 Å². The van der Waals surface area contributed by atoms with E-state index >= 15 is 0 Å². The fourth-order valence-electron chi connectivity index (χ4n) is 1.67. The highest BCUT2D eigenvalue weighted by Crippen LogP contribution is 2.11. The van der Waals surface area contributed by atoms with Crippen molar-refractivity contribution in [2.75, 3.05) is 6.54 Å². The van der Waals surface area contributed by atoms with E-state index in [0.29, 0.717) is 17.1 Å². The largest absolute Gasteiger partial charge is 0.392 e. The summed E-state index contributed by atoms with van der Waals surface area (Å²) in [6, 6.07) is 1.13. The molecule has 0 aliphatic heterocycles. The molecule has 0 spiro atoms. The first-order valence-electron chi connectivity index (χ1n) is 5.06. The van der Waals surface area contributed by atoms with Gasteiger partial charge in [0.25, 0.3) is 0 Å². The van der Waals surface area contributed by atoms with Crippen molar-refractivity contribution < 1.29 is 0 Å². The Morgan fingerprint density at radius 1 is 1.31 bits per heavy atom. The van der Waals surface area contributed by atoms with Gasteiger partial charge in [-0.15, -0.1) is 0 Å². The van der Waals surface area contributed by atoms with Crippen LogP contribution < -0.4 is 5.73 Å². The Labute approximate surface area is 87.5 Å². The fraction of sp³-hybridized carbons (Fsp3) is 0.900. The average Bonchev–Trinajstić information content (AvgIpc) is 2.04.